The van der Waals surface area contributed by atoms with E-state index in [0.717, 1.165) is 6.07 Å². The van der Waals surface area contributed by atoms with Gasteiger partial charge in [-0.15, -0.1) is 10.2 Å². The van der Waals surface area contributed by atoms with Gasteiger partial charge in [-0.1, -0.05) is 22.9 Å². The Kier molecular flexibility index (Phi) is 4.66. The number of hydrogen-bond acceptors (Lipinski definition) is 7. The second-order valence-corrected chi connectivity index (χ2v) is 5.46. The molecule has 2 aromatic rings. The lowest BCUT2D eigenvalue weighted by molar-refractivity contribution is -0.384. The third-order valence-corrected chi connectivity index (χ3v) is 3.64. The monoisotopic (exact) mass is 327 g/mol. The summed E-state index contributed by atoms with van der Waals surface area (Å²) in [7, 11) is 0. The van der Waals surface area contributed by atoms with Gasteiger partial charge in [-0.25, -0.2) is 0 Å². The Hall–Kier alpha value is -2.26. The molecule has 0 fully saturated rings. The molecule has 21 heavy (non-hydrogen) atoms. The second kappa shape index (κ2) is 6.46. The number of aromatic nitrogens is 2. The van der Waals surface area contributed by atoms with Crippen LogP contribution in [0.5, 0.6) is 0 Å². The Morgan fingerprint density at radius 3 is 2.86 bits per heavy atom. The number of nitrogens with zero attached hydrogens (tertiary/aromatic N) is 3. The highest BCUT2D eigenvalue weighted by molar-refractivity contribution is 7.15. The number of nitro groups is 1. The van der Waals surface area contributed by atoms with Gasteiger partial charge in [0.2, 0.25) is 5.13 Å². The fourth-order valence-corrected chi connectivity index (χ4v) is 2.34. The van der Waals surface area contributed by atoms with Crippen LogP contribution in [-0.4, -0.2) is 27.6 Å². The summed E-state index contributed by atoms with van der Waals surface area (Å²) in [5.41, 5.74) is 5.31. The maximum Gasteiger partial charge on any atom is 0.288 e. The van der Waals surface area contributed by atoms with E-state index in [1.165, 1.54) is 23.5 Å². The van der Waals surface area contributed by atoms with Gasteiger partial charge >= 0.3 is 0 Å². The Morgan fingerprint density at radius 1 is 1.48 bits per heavy atom. The van der Waals surface area contributed by atoms with Gasteiger partial charge in [0.05, 0.1) is 4.92 Å². The molecular formula is C11H10ClN5O3S. The maximum absolute atomic E-state index is 11.9. The fraction of sp³-hybridized carbons (Fsp3) is 0.182. The van der Waals surface area contributed by atoms with Crippen molar-refractivity contribution in [3.8, 4) is 0 Å². The van der Waals surface area contributed by atoms with Crippen LogP contribution in [0, 0.1) is 10.1 Å². The van der Waals surface area contributed by atoms with Crippen LogP contribution in [0.4, 0.5) is 10.8 Å². The standard InChI is InChI=1S/C11H10ClN5O3S/c12-7-2-1-6(5-8(7)17(19)20)10(18)14-4-3-9-15-16-11(13)21-9/h1-2,5H,3-4H2,(H2,13,16)(H,14,18). The van der Waals surface area contributed by atoms with Gasteiger partial charge in [-0.2, -0.15) is 0 Å². The third-order valence-electron chi connectivity index (χ3n) is 2.51. The van der Waals surface area contributed by atoms with Crippen LogP contribution in [0.3, 0.4) is 0 Å². The number of carbonyl (C=O) groups excluding carboxylic acids is 1. The number of benzene rings is 1. The Bertz CT molecular complexity index is 690. The van der Waals surface area contributed by atoms with E-state index in [9.17, 15) is 14.9 Å². The van der Waals surface area contributed by atoms with Crippen molar-refractivity contribution in [2.24, 2.45) is 0 Å². The van der Waals surface area contributed by atoms with Crippen LogP contribution in [0.1, 0.15) is 15.4 Å². The predicted molar refractivity (Wildman–Crippen MR) is 78.5 cm³/mol. The molecule has 1 amide bonds. The van der Waals surface area contributed by atoms with Crippen molar-refractivity contribution >= 4 is 39.7 Å². The van der Waals surface area contributed by atoms with Gasteiger partial charge < -0.3 is 11.1 Å². The van der Waals surface area contributed by atoms with Gasteiger partial charge in [-0.3, -0.25) is 14.9 Å². The average Bonchev–Trinajstić information content (AvgIpc) is 2.84. The molecule has 0 bridgehead atoms. The summed E-state index contributed by atoms with van der Waals surface area (Å²) in [5, 5.41) is 21.9. The van der Waals surface area contributed by atoms with Crippen LogP contribution in [0.15, 0.2) is 18.2 Å². The highest BCUT2D eigenvalue weighted by atomic mass is 35.5. The molecule has 110 valence electrons. The first-order valence-corrected chi connectivity index (χ1v) is 6.97. The first-order chi connectivity index (χ1) is 9.97. The zero-order chi connectivity index (χ0) is 15.4. The quantitative estimate of drug-likeness (QED) is 0.635. The van der Waals surface area contributed by atoms with Crippen molar-refractivity contribution < 1.29 is 9.72 Å². The molecular weight excluding hydrogens is 318 g/mol. The zero-order valence-electron chi connectivity index (χ0n) is 10.6. The highest BCUT2D eigenvalue weighted by Crippen LogP contribution is 2.24. The number of hydrogen-bond donors (Lipinski definition) is 2. The first kappa shape index (κ1) is 15.1. The summed E-state index contributed by atoms with van der Waals surface area (Å²) in [4.78, 5) is 22.0. The largest absolute Gasteiger partial charge is 0.374 e. The number of nitrogens with one attached hydrogen (secondary N) is 1. The maximum atomic E-state index is 11.9. The lowest BCUT2D eigenvalue weighted by Crippen LogP contribution is -2.25. The lowest BCUT2D eigenvalue weighted by atomic mass is 10.2. The molecule has 0 radical (unpaired) electrons. The van der Waals surface area contributed by atoms with Crippen LogP contribution in [-0.2, 0) is 6.42 Å². The van der Waals surface area contributed by atoms with E-state index in [0.29, 0.717) is 23.1 Å². The third kappa shape index (κ3) is 3.86. The zero-order valence-corrected chi connectivity index (χ0v) is 12.1. The molecule has 1 aromatic carbocycles. The van der Waals surface area contributed by atoms with Gasteiger partial charge in [0.25, 0.3) is 11.6 Å². The number of nitro benzene ring substituents is 1. The SMILES string of the molecule is Nc1nnc(CCNC(=O)c2ccc(Cl)c([N+](=O)[O-])c2)s1. The molecule has 1 aromatic heterocycles. The number of halogens is 1. The summed E-state index contributed by atoms with van der Waals surface area (Å²) in [6.07, 6.45) is 0.482. The van der Waals surface area contributed by atoms with Crippen molar-refractivity contribution in [1.82, 2.24) is 15.5 Å². The topological polar surface area (TPSA) is 124 Å². The molecule has 3 N–H and O–H groups in total. The Labute approximate surface area is 128 Å². The smallest absolute Gasteiger partial charge is 0.288 e. The van der Waals surface area contributed by atoms with Crippen LogP contribution < -0.4 is 11.1 Å². The van der Waals surface area contributed by atoms with E-state index in [1.54, 1.807) is 0 Å². The average molecular weight is 328 g/mol. The molecule has 8 nitrogen and oxygen atoms in total. The molecule has 2 rings (SSSR count). The number of nitrogen functional groups attached to an aromatic ring is 1. The van der Waals surface area contributed by atoms with E-state index in [1.807, 2.05) is 0 Å². The summed E-state index contributed by atoms with van der Waals surface area (Å²) < 4.78 is 0. The molecule has 0 atom stereocenters. The summed E-state index contributed by atoms with van der Waals surface area (Å²) in [5.74, 6) is -0.424. The van der Waals surface area contributed by atoms with Gasteiger partial charge in [0, 0.05) is 24.6 Å². The number of amides is 1. The van der Waals surface area contributed by atoms with Crippen molar-refractivity contribution in [1.29, 1.82) is 0 Å². The molecule has 1 heterocycles. The molecule has 10 heteroatoms. The van der Waals surface area contributed by atoms with Crippen molar-refractivity contribution in [3.05, 3.63) is 43.9 Å². The molecule has 0 aliphatic carbocycles. The minimum atomic E-state index is -0.636. The van der Waals surface area contributed by atoms with E-state index >= 15 is 0 Å². The minimum Gasteiger partial charge on any atom is -0.374 e. The number of carbonyl (C=O) groups is 1. The Balaban J connectivity index is 1.97. The first-order valence-electron chi connectivity index (χ1n) is 5.77. The van der Waals surface area contributed by atoms with E-state index in [-0.39, 0.29) is 16.3 Å². The minimum absolute atomic E-state index is 0.0131. The molecule has 0 aliphatic heterocycles. The molecule has 0 unspecified atom stereocenters. The van der Waals surface area contributed by atoms with Crippen LogP contribution in [0.2, 0.25) is 5.02 Å². The molecule has 0 saturated carbocycles. The molecule has 0 saturated heterocycles. The molecule has 0 aliphatic rings. The van der Waals surface area contributed by atoms with E-state index in [2.05, 4.69) is 15.5 Å². The van der Waals surface area contributed by atoms with Gasteiger partial charge in [0.1, 0.15) is 10.0 Å². The van der Waals surface area contributed by atoms with E-state index < -0.39 is 10.8 Å². The van der Waals surface area contributed by atoms with Gasteiger partial charge in [0.15, 0.2) is 0 Å². The highest BCUT2D eigenvalue weighted by Gasteiger charge is 2.16. The normalized spacial score (nSPS) is 10.3. The van der Waals surface area contributed by atoms with Crippen LogP contribution in [0.25, 0.3) is 0 Å². The second-order valence-electron chi connectivity index (χ2n) is 3.96. The predicted octanol–water partition coefficient (Wildman–Crippen LogP) is 1.65. The van der Waals surface area contributed by atoms with Crippen molar-refractivity contribution in [3.63, 3.8) is 0 Å². The lowest BCUT2D eigenvalue weighted by Gasteiger charge is -2.04. The number of nitrogens with two attached hydrogens (primary N) is 1. The molecule has 0 spiro atoms. The van der Waals surface area contributed by atoms with Crippen LogP contribution >= 0.6 is 22.9 Å². The van der Waals surface area contributed by atoms with Crippen molar-refractivity contribution in [2.75, 3.05) is 12.3 Å². The van der Waals surface area contributed by atoms with E-state index in [4.69, 9.17) is 17.3 Å². The summed E-state index contributed by atoms with van der Waals surface area (Å²) in [6.45, 7) is 0.323. The fourth-order valence-electron chi connectivity index (χ4n) is 1.55. The summed E-state index contributed by atoms with van der Waals surface area (Å²) in [6, 6.07) is 3.88. The van der Waals surface area contributed by atoms with Crippen molar-refractivity contribution in [2.45, 2.75) is 6.42 Å². The van der Waals surface area contributed by atoms with Gasteiger partial charge in [-0.05, 0) is 12.1 Å². The Morgan fingerprint density at radius 2 is 2.24 bits per heavy atom. The summed E-state index contributed by atoms with van der Waals surface area (Å²) >= 11 is 6.92. The number of anilines is 1. The number of rotatable bonds is 5.